The van der Waals surface area contributed by atoms with E-state index in [1.165, 1.54) is 64.5 Å². The van der Waals surface area contributed by atoms with E-state index in [-0.39, 0.29) is 0 Å². The highest BCUT2D eigenvalue weighted by atomic mass is 14.9. The van der Waals surface area contributed by atoms with E-state index in [2.05, 4.69) is 29.6 Å². The summed E-state index contributed by atoms with van der Waals surface area (Å²) in [5, 5.41) is 3.49. The van der Waals surface area contributed by atoms with Crippen molar-refractivity contribution in [1.29, 1.82) is 0 Å². The second kappa shape index (κ2) is 6.56. The summed E-state index contributed by atoms with van der Waals surface area (Å²) in [4.78, 5) is 0. The summed E-state index contributed by atoms with van der Waals surface area (Å²) in [5.41, 5.74) is 3.37. The molecular formula is C18H27N. The molecule has 0 spiro atoms. The van der Waals surface area contributed by atoms with Crippen molar-refractivity contribution < 1.29 is 0 Å². The summed E-state index contributed by atoms with van der Waals surface area (Å²) in [6, 6.07) is 9.34. The van der Waals surface area contributed by atoms with E-state index in [0.717, 1.165) is 11.8 Å². The van der Waals surface area contributed by atoms with Crippen LogP contribution in [0.15, 0.2) is 24.3 Å². The predicted octanol–water partition coefficient (Wildman–Crippen LogP) is 4.59. The van der Waals surface area contributed by atoms with Gasteiger partial charge in [-0.05, 0) is 61.7 Å². The minimum Gasteiger partial charge on any atom is -0.317 e. The molecule has 1 heterocycles. The van der Waals surface area contributed by atoms with E-state index >= 15 is 0 Å². The molecule has 1 saturated heterocycles. The van der Waals surface area contributed by atoms with Crippen LogP contribution < -0.4 is 5.32 Å². The Morgan fingerprint density at radius 2 is 1.21 bits per heavy atom. The molecule has 0 atom stereocenters. The Labute approximate surface area is 117 Å². The van der Waals surface area contributed by atoms with Crippen LogP contribution in [0.5, 0.6) is 0 Å². The third kappa shape index (κ3) is 3.20. The van der Waals surface area contributed by atoms with Crippen LogP contribution >= 0.6 is 0 Å². The number of nitrogens with one attached hydrogen (secondary N) is 1. The van der Waals surface area contributed by atoms with Crippen LogP contribution in [0.3, 0.4) is 0 Å². The van der Waals surface area contributed by atoms with Gasteiger partial charge >= 0.3 is 0 Å². The lowest BCUT2D eigenvalue weighted by molar-refractivity contribution is 0.453. The Morgan fingerprint density at radius 1 is 0.684 bits per heavy atom. The summed E-state index contributed by atoms with van der Waals surface area (Å²) in [6.45, 7) is 2.40. The van der Waals surface area contributed by atoms with Crippen LogP contribution in [-0.2, 0) is 0 Å². The molecule has 1 aliphatic carbocycles. The first-order chi connectivity index (χ1) is 9.45. The maximum atomic E-state index is 3.49. The predicted molar refractivity (Wildman–Crippen MR) is 81.7 cm³/mol. The van der Waals surface area contributed by atoms with Gasteiger partial charge in [0, 0.05) is 0 Å². The molecule has 19 heavy (non-hydrogen) atoms. The van der Waals surface area contributed by atoms with Crippen LogP contribution in [0, 0.1) is 0 Å². The summed E-state index contributed by atoms with van der Waals surface area (Å²) >= 11 is 0. The number of benzene rings is 1. The molecule has 1 aromatic carbocycles. The van der Waals surface area contributed by atoms with Gasteiger partial charge in [-0.1, -0.05) is 49.9 Å². The molecule has 1 aromatic rings. The van der Waals surface area contributed by atoms with Gasteiger partial charge in [0.1, 0.15) is 0 Å². The normalized spacial score (nSPS) is 23.2. The molecule has 1 N–H and O–H groups in total. The first-order valence-electron chi connectivity index (χ1n) is 8.24. The van der Waals surface area contributed by atoms with Gasteiger partial charge in [0.05, 0.1) is 0 Å². The van der Waals surface area contributed by atoms with Crippen molar-refractivity contribution in [2.45, 2.75) is 63.2 Å². The smallest absolute Gasteiger partial charge is 0.00431 e. The minimum atomic E-state index is 0.806. The van der Waals surface area contributed by atoms with Gasteiger partial charge < -0.3 is 5.32 Å². The highest BCUT2D eigenvalue weighted by molar-refractivity contribution is 5.34. The highest BCUT2D eigenvalue weighted by Gasteiger charge is 2.22. The molecule has 0 radical (unpaired) electrons. The fourth-order valence-electron chi connectivity index (χ4n) is 3.98. The first-order valence-corrected chi connectivity index (χ1v) is 8.24. The first kappa shape index (κ1) is 13.2. The highest BCUT2D eigenvalue weighted by Crippen LogP contribution is 2.37. The van der Waals surface area contributed by atoms with Crippen LogP contribution in [0.2, 0.25) is 0 Å². The molecule has 1 nitrogen and oxygen atoms in total. The SMILES string of the molecule is c1ccc(C2CCNCC2)c(C2CCCCCC2)c1. The third-order valence-corrected chi connectivity index (χ3v) is 5.07. The van der Waals surface area contributed by atoms with Crippen molar-refractivity contribution in [1.82, 2.24) is 5.32 Å². The van der Waals surface area contributed by atoms with Gasteiger partial charge in [-0.2, -0.15) is 0 Å². The van der Waals surface area contributed by atoms with Crippen molar-refractivity contribution in [2.24, 2.45) is 0 Å². The van der Waals surface area contributed by atoms with E-state index in [1.54, 1.807) is 11.1 Å². The Kier molecular flexibility index (Phi) is 4.55. The number of rotatable bonds is 2. The monoisotopic (exact) mass is 257 g/mol. The molecular weight excluding hydrogens is 230 g/mol. The topological polar surface area (TPSA) is 12.0 Å². The Balaban J connectivity index is 1.83. The largest absolute Gasteiger partial charge is 0.317 e. The quantitative estimate of drug-likeness (QED) is 0.764. The molecule has 1 heteroatoms. The Bertz CT molecular complexity index is 384. The van der Waals surface area contributed by atoms with E-state index in [0.29, 0.717) is 0 Å². The Hall–Kier alpha value is -0.820. The van der Waals surface area contributed by atoms with E-state index < -0.39 is 0 Å². The summed E-state index contributed by atoms with van der Waals surface area (Å²) in [5.74, 6) is 1.65. The molecule has 104 valence electrons. The third-order valence-electron chi connectivity index (χ3n) is 5.07. The average Bonchev–Trinajstić information content (AvgIpc) is 2.77. The van der Waals surface area contributed by atoms with Gasteiger partial charge in [0.15, 0.2) is 0 Å². The molecule has 0 aromatic heterocycles. The molecule has 3 rings (SSSR count). The molecule has 0 unspecified atom stereocenters. The number of hydrogen-bond donors (Lipinski definition) is 1. The van der Waals surface area contributed by atoms with Crippen molar-refractivity contribution in [3.8, 4) is 0 Å². The molecule has 0 bridgehead atoms. The number of piperidine rings is 1. The maximum Gasteiger partial charge on any atom is -0.00431 e. The van der Waals surface area contributed by atoms with Gasteiger partial charge in [0.2, 0.25) is 0 Å². The summed E-state index contributed by atoms with van der Waals surface area (Å²) in [6.07, 6.45) is 11.3. The fourth-order valence-corrected chi connectivity index (χ4v) is 3.98. The van der Waals surface area contributed by atoms with Gasteiger partial charge in [-0.3, -0.25) is 0 Å². The van der Waals surface area contributed by atoms with Crippen LogP contribution in [0.25, 0.3) is 0 Å². The molecule has 2 aliphatic rings. The van der Waals surface area contributed by atoms with E-state index in [4.69, 9.17) is 0 Å². The number of hydrogen-bond acceptors (Lipinski definition) is 1. The van der Waals surface area contributed by atoms with E-state index in [9.17, 15) is 0 Å². The standard InChI is InChI=1S/C18H27N/c1-2-4-8-15(7-3-1)17-9-5-6-10-18(17)16-11-13-19-14-12-16/h5-6,9-10,15-16,19H,1-4,7-8,11-14H2. The van der Waals surface area contributed by atoms with Crippen LogP contribution in [0.4, 0.5) is 0 Å². The lowest BCUT2D eigenvalue weighted by Crippen LogP contribution is -2.27. The van der Waals surface area contributed by atoms with Crippen molar-refractivity contribution in [3.63, 3.8) is 0 Å². The summed E-state index contributed by atoms with van der Waals surface area (Å²) < 4.78 is 0. The summed E-state index contributed by atoms with van der Waals surface area (Å²) in [7, 11) is 0. The van der Waals surface area contributed by atoms with E-state index in [1.807, 2.05) is 0 Å². The lowest BCUT2D eigenvalue weighted by Gasteiger charge is -2.28. The zero-order chi connectivity index (χ0) is 12.9. The fraction of sp³-hybridized carbons (Fsp3) is 0.667. The second-order valence-corrected chi connectivity index (χ2v) is 6.34. The molecule has 2 fully saturated rings. The maximum absolute atomic E-state index is 3.49. The van der Waals surface area contributed by atoms with Crippen molar-refractivity contribution in [2.75, 3.05) is 13.1 Å². The zero-order valence-electron chi connectivity index (χ0n) is 12.0. The molecule has 1 aliphatic heterocycles. The Morgan fingerprint density at radius 3 is 1.79 bits per heavy atom. The molecule has 0 amide bonds. The minimum absolute atomic E-state index is 0.806. The second-order valence-electron chi connectivity index (χ2n) is 6.34. The van der Waals surface area contributed by atoms with Crippen LogP contribution in [-0.4, -0.2) is 13.1 Å². The van der Waals surface area contributed by atoms with Crippen molar-refractivity contribution >= 4 is 0 Å². The lowest BCUT2D eigenvalue weighted by atomic mass is 9.81. The van der Waals surface area contributed by atoms with Crippen LogP contribution in [0.1, 0.15) is 74.3 Å². The van der Waals surface area contributed by atoms with Gasteiger partial charge in [0.25, 0.3) is 0 Å². The zero-order valence-corrected chi connectivity index (χ0v) is 12.0. The van der Waals surface area contributed by atoms with Gasteiger partial charge in [-0.15, -0.1) is 0 Å². The molecule has 1 saturated carbocycles. The average molecular weight is 257 g/mol. The van der Waals surface area contributed by atoms with Gasteiger partial charge in [-0.25, -0.2) is 0 Å². The van der Waals surface area contributed by atoms with Crippen molar-refractivity contribution in [3.05, 3.63) is 35.4 Å².